The van der Waals surface area contributed by atoms with Crippen LogP contribution in [-0.2, 0) is 13.1 Å². The predicted octanol–water partition coefficient (Wildman–Crippen LogP) is 4.46. The predicted molar refractivity (Wildman–Crippen MR) is 116 cm³/mol. The summed E-state index contributed by atoms with van der Waals surface area (Å²) in [4.78, 5) is 9.03. The molecule has 1 aromatic carbocycles. The van der Waals surface area contributed by atoms with Crippen LogP contribution in [0.25, 0.3) is 11.3 Å². The van der Waals surface area contributed by atoms with Crippen molar-refractivity contribution in [2.24, 2.45) is 0 Å². The first-order valence-electron chi connectivity index (χ1n) is 9.60. The summed E-state index contributed by atoms with van der Waals surface area (Å²) in [6.45, 7) is 6.16. The van der Waals surface area contributed by atoms with E-state index in [0.717, 1.165) is 60.0 Å². The number of rotatable bonds is 6. The van der Waals surface area contributed by atoms with E-state index in [1.54, 1.807) is 6.20 Å². The average molecular weight is 441 g/mol. The van der Waals surface area contributed by atoms with Crippen molar-refractivity contribution in [2.45, 2.75) is 13.1 Å². The molecule has 3 heterocycles. The molecule has 4 rings (SSSR count). The van der Waals surface area contributed by atoms with Crippen molar-refractivity contribution in [1.29, 1.82) is 0 Å². The lowest BCUT2D eigenvalue weighted by atomic mass is 10.1. The van der Waals surface area contributed by atoms with E-state index in [4.69, 9.17) is 4.42 Å². The second kappa shape index (κ2) is 8.90. The number of nitrogens with zero attached hydrogens (tertiary/aromatic N) is 3. The Morgan fingerprint density at radius 1 is 1.11 bits per heavy atom. The number of nitrogens with one attached hydrogen (secondary N) is 1. The highest BCUT2D eigenvalue weighted by Crippen LogP contribution is 2.25. The molecule has 1 saturated heterocycles. The number of hydrogen-bond acceptors (Lipinski definition) is 5. The number of furan rings is 1. The van der Waals surface area contributed by atoms with Crippen LogP contribution < -0.4 is 5.32 Å². The molecule has 0 radical (unpaired) electrons. The van der Waals surface area contributed by atoms with Crippen molar-refractivity contribution in [3.05, 3.63) is 70.7 Å². The second-order valence-electron chi connectivity index (χ2n) is 7.25. The minimum Gasteiger partial charge on any atom is -0.459 e. The summed E-state index contributed by atoms with van der Waals surface area (Å²) in [6.07, 6.45) is 3.58. The van der Waals surface area contributed by atoms with Gasteiger partial charge in [0, 0.05) is 60.8 Å². The van der Waals surface area contributed by atoms with Gasteiger partial charge in [-0.2, -0.15) is 0 Å². The number of pyridine rings is 1. The Balaban J connectivity index is 1.34. The van der Waals surface area contributed by atoms with Gasteiger partial charge in [0.25, 0.3) is 0 Å². The topological polar surface area (TPSA) is 44.5 Å². The van der Waals surface area contributed by atoms with Crippen molar-refractivity contribution in [2.75, 3.05) is 38.5 Å². The van der Waals surface area contributed by atoms with Crippen molar-refractivity contribution < 1.29 is 4.42 Å². The van der Waals surface area contributed by atoms with Crippen molar-refractivity contribution >= 4 is 21.6 Å². The standard InChI is InChI=1S/C22H25BrN4O/c1-26-9-11-27(12-10-26)16-18-4-5-19(13-21(18)23)25-15-20-6-7-22(28-20)17-3-2-8-24-14-17/h2-8,13-14,25H,9-12,15-16H2,1H3. The summed E-state index contributed by atoms with van der Waals surface area (Å²) in [7, 11) is 2.19. The minimum atomic E-state index is 0.643. The first-order chi connectivity index (χ1) is 13.7. The molecule has 1 fully saturated rings. The maximum absolute atomic E-state index is 5.93. The van der Waals surface area contributed by atoms with Gasteiger partial charge in [0.15, 0.2) is 0 Å². The summed E-state index contributed by atoms with van der Waals surface area (Å²) in [5.74, 6) is 1.74. The Hall–Kier alpha value is -2.15. The van der Waals surface area contributed by atoms with Gasteiger partial charge >= 0.3 is 0 Å². The van der Waals surface area contributed by atoms with Crippen LogP contribution in [0.3, 0.4) is 0 Å². The van der Waals surface area contributed by atoms with E-state index in [-0.39, 0.29) is 0 Å². The zero-order chi connectivity index (χ0) is 19.3. The molecule has 0 bridgehead atoms. The van der Waals surface area contributed by atoms with E-state index in [1.165, 1.54) is 5.56 Å². The summed E-state index contributed by atoms with van der Waals surface area (Å²) < 4.78 is 7.08. The number of benzene rings is 1. The molecule has 1 aliphatic rings. The van der Waals surface area contributed by atoms with Gasteiger partial charge in [-0.15, -0.1) is 0 Å². The SMILES string of the molecule is CN1CCN(Cc2ccc(NCc3ccc(-c4cccnc4)o3)cc2Br)CC1. The summed E-state index contributed by atoms with van der Waals surface area (Å²) in [5.41, 5.74) is 3.39. The van der Waals surface area contributed by atoms with Crippen LogP contribution in [0.2, 0.25) is 0 Å². The van der Waals surface area contributed by atoms with Gasteiger partial charge in [-0.3, -0.25) is 9.88 Å². The van der Waals surface area contributed by atoms with Crippen LogP contribution in [0.1, 0.15) is 11.3 Å². The van der Waals surface area contributed by atoms with Crippen LogP contribution >= 0.6 is 15.9 Å². The Morgan fingerprint density at radius 3 is 2.71 bits per heavy atom. The van der Waals surface area contributed by atoms with Gasteiger partial charge < -0.3 is 14.6 Å². The lowest BCUT2D eigenvalue weighted by Gasteiger charge is -2.32. The molecule has 1 aliphatic heterocycles. The Bertz CT molecular complexity index is 904. The van der Waals surface area contributed by atoms with Gasteiger partial charge in [-0.05, 0) is 49.0 Å². The lowest BCUT2D eigenvalue weighted by molar-refractivity contribution is 0.148. The van der Waals surface area contributed by atoms with Crippen LogP contribution in [0, 0.1) is 0 Å². The normalized spacial score (nSPS) is 15.6. The highest BCUT2D eigenvalue weighted by molar-refractivity contribution is 9.10. The molecule has 28 heavy (non-hydrogen) atoms. The molecule has 146 valence electrons. The molecule has 1 N–H and O–H groups in total. The van der Waals surface area contributed by atoms with Crippen LogP contribution in [0.4, 0.5) is 5.69 Å². The largest absolute Gasteiger partial charge is 0.459 e. The van der Waals surface area contributed by atoms with Gasteiger partial charge in [0.2, 0.25) is 0 Å². The Labute approximate surface area is 174 Å². The fourth-order valence-electron chi connectivity index (χ4n) is 3.36. The van der Waals surface area contributed by atoms with E-state index in [1.807, 2.05) is 30.5 Å². The molecule has 0 amide bonds. The molecule has 0 aliphatic carbocycles. The summed E-state index contributed by atoms with van der Waals surface area (Å²) >= 11 is 3.74. The van der Waals surface area contributed by atoms with E-state index in [2.05, 4.69) is 61.3 Å². The number of hydrogen-bond donors (Lipinski definition) is 1. The van der Waals surface area contributed by atoms with Gasteiger partial charge in [-0.25, -0.2) is 0 Å². The monoisotopic (exact) mass is 440 g/mol. The molecular weight excluding hydrogens is 416 g/mol. The molecule has 0 saturated carbocycles. The van der Waals surface area contributed by atoms with Gasteiger partial charge in [0.1, 0.15) is 11.5 Å². The van der Waals surface area contributed by atoms with Crippen molar-refractivity contribution in [3.8, 4) is 11.3 Å². The summed E-state index contributed by atoms with van der Waals surface area (Å²) in [5, 5.41) is 3.44. The number of aromatic nitrogens is 1. The molecule has 6 heteroatoms. The molecule has 0 unspecified atom stereocenters. The van der Waals surface area contributed by atoms with Crippen molar-refractivity contribution in [1.82, 2.24) is 14.8 Å². The zero-order valence-corrected chi connectivity index (χ0v) is 17.7. The molecule has 0 atom stereocenters. The van der Waals surface area contributed by atoms with E-state index >= 15 is 0 Å². The van der Waals surface area contributed by atoms with Crippen molar-refractivity contribution in [3.63, 3.8) is 0 Å². The molecule has 3 aromatic rings. The smallest absolute Gasteiger partial charge is 0.135 e. The fourth-order valence-corrected chi connectivity index (χ4v) is 3.86. The lowest BCUT2D eigenvalue weighted by Crippen LogP contribution is -2.43. The van der Waals surface area contributed by atoms with E-state index in [9.17, 15) is 0 Å². The minimum absolute atomic E-state index is 0.643. The molecule has 2 aromatic heterocycles. The van der Waals surface area contributed by atoms with Crippen LogP contribution in [0.5, 0.6) is 0 Å². The van der Waals surface area contributed by atoms with Crippen LogP contribution in [-0.4, -0.2) is 48.0 Å². The zero-order valence-electron chi connectivity index (χ0n) is 16.1. The molecule has 5 nitrogen and oxygen atoms in total. The number of piperazine rings is 1. The highest BCUT2D eigenvalue weighted by Gasteiger charge is 2.15. The third-order valence-electron chi connectivity index (χ3n) is 5.12. The van der Waals surface area contributed by atoms with E-state index in [0.29, 0.717) is 6.54 Å². The molecule has 0 spiro atoms. The number of likely N-dealkylation sites (N-methyl/N-ethyl adjacent to an activating group) is 1. The third-order valence-corrected chi connectivity index (χ3v) is 5.86. The first kappa shape index (κ1) is 19.2. The first-order valence-corrected chi connectivity index (χ1v) is 10.4. The maximum atomic E-state index is 5.93. The molecular formula is C22H25BrN4O. The fraction of sp³-hybridized carbons (Fsp3) is 0.318. The highest BCUT2D eigenvalue weighted by atomic mass is 79.9. The Morgan fingerprint density at radius 2 is 1.96 bits per heavy atom. The second-order valence-corrected chi connectivity index (χ2v) is 8.10. The maximum Gasteiger partial charge on any atom is 0.135 e. The third kappa shape index (κ3) is 4.82. The number of anilines is 1. The van der Waals surface area contributed by atoms with Gasteiger partial charge in [-0.1, -0.05) is 22.0 Å². The average Bonchev–Trinajstić information content (AvgIpc) is 3.20. The summed E-state index contributed by atoms with van der Waals surface area (Å²) in [6, 6.07) is 14.4. The van der Waals surface area contributed by atoms with E-state index < -0.39 is 0 Å². The number of halogens is 1. The van der Waals surface area contributed by atoms with Gasteiger partial charge in [0.05, 0.1) is 6.54 Å². The quantitative estimate of drug-likeness (QED) is 0.612. The van der Waals surface area contributed by atoms with Crippen LogP contribution in [0.15, 0.2) is 63.7 Å². The Kier molecular flexibility index (Phi) is 6.10.